The average Bonchev–Trinajstić information content (AvgIpc) is 3.18. The van der Waals surface area contributed by atoms with Crippen molar-refractivity contribution in [2.75, 3.05) is 6.61 Å². The van der Waals surface area contributed by atoms with Crippen LogP contribution in [0.3, 0.4) is 0 Å². The van der Waals surface area contributed by atoms with Crippen LogP contribution in [0.1, 0.15) is 82.7 Å². The first-order valence-electron chi connectivity index (χ1n) is 13.2. The molecule has 6 nitrogen and oxygen atoms in total. The minimum atomic E-state index is -0.988. The Hall–Kier alpha value is -3.29. The van der Waals surface area contributed by atoms with Crippen LogP contribution in [-0.2, 0) is 14.3 Å². The number of carboxylic acids is 1. The molecule has 1 aromatic heterocycles. The molecular weight excluding hydrogens is 483 g/mol. The number of benzene rings is 2. The summed E-state index contributed by atoms with van der Waals surface area (Å²) in [6.07, 6.45) is 6.80. The van der Waals surface area contributed by atoms with E-state index in [0.717, 1.165) is 66.0 Å². The topological polar surface area (TPSA) is 73.6 Å². The van der Waals surface area contributed by atoms with Crippen LogP contribution < -0.4 is 0 Å². The lowest BCUT2D eigenvalue weighted by Crippen LogP contribution is -2.42. The van der Waals surface area contributed by atoms with Gasteiger partial charge in [0.25, 0.3) is 0 Å². The van der Waals surface area contributed by atoms with Crippen LogP contribution in [0.2, 0.25) is 0 Å². The lowest BCUT2D eigenvalue weighted by atomic mass is 9.79. The van der Waals surface area contributed by atoms with Crippen molar-refractivity contribution in [2.24, 2.45) is 0 Å². The van der Waals surface area contributed by atoms with Crippen LogP contribution in [0.5, 0.6) is 0 Å². The molecule has 0 aliphatic carbocycles. The van der Waals surface area contributed by atoms with Crippen LogP contribution >= 0.6 is 0 Å². The van der Waals surface area contributed by atoms with E-state index in [1.54, 1.807) is 10.8 Å². The maximum Gasteiger partial charge on any atom is 0.328 e. The molecule has 5 rings (SSSR count). The molecule has 7 heteroatoms. The minimum Gasteiger partial charge on any atom is -0.478 e. The maximum atomic E-state index is 15.2. The third kappa shape index (κ3) is 5.59. The third-order valence-corrected chi connectivity index (χ3v) is 7.18. The van der Waals surface area contributed by atoms with E-state index < -0.39 is 11.9 Å². The molecule has 1 N–H and O–H groups in total. The molecule has 0 saturated carbocycles. The summed E-state index contributed by atoms with van der Waals surface area (Å²) in [6, 6.07) is 13.7. The first-order valence-corrected chi connectivity index (χ1v) is 13.2. The van der Waals surface area contributed by atoms with E-state index in [9.17, 15) is 4.79 Å². The van der Waals surface area contributed by atoms with E-state index in [0.29, 0.717) is 12.0 Å². The van der Waals surface area contributed by atoms with E-state index in [4.69, 9.17) is 14.6 Å². The van der Waals surface area contributed by atoms with Crippen molar-refractivity contribution in [3.63, 3.8) is 0 Å². The van der Waals surface area contributed by atoms with Gasteiger partial charge >= 0.3 is 5.97 Å². The molecule has 0 radical (unpaired) electrons. The summed E-state index contributed by atoms with van der Waals surface area (Å²) >= 11 is 0. The lowest BCUT2D eigenvalue weighted by molar-refractivity contribution is -0.138. The van der Waals surface area contributed by atoms with Crippen molar-refractivity contribution in [3.05, 3.63) is 76.8 Å². The van der Waals surface area contributed by atoms with Gasteiger partial charge in [-0.05, 0) is 100 Å². The second-order valence-electron chi connectivity index (χ2n) is 11.5. The Balaban J connectivity index is 1.63. The molecule has 200 valence electrons. The monoisotopic (exact) mass is 518 g/mol. The number of carbonyl (C=O) groups is 1. The molecule has 1 unspecified atom stereocenters. The van der Waals surface area contributed by atoms with Crippen molar-refractivity contribution in [1.29, 1.82) is 0 Å². The van der Waals surface area contributed by atoms with Crippen LogP contribution in [-0.4, -0.2) is 38.7 Å². The Morgan fingerprint density at radius 2 is 1.74 bits per heavy atom. The Kier molecular flexibility index (Phi) is 7.01. The molecule has 2 fully saturated rings. The SMILES string of the molecule is CC1(C)CC(=C(c2ccc(C=CC(=O)O)cc2)c2ccc3c(c2)c(F)nn3C2CCCCO2)CC(C)(C)O1. The highest BCUT2D eigenvalue weighted by Gasteiger charge is 2.38. The van der Waals surface area contributed by atoms with Gasteiger partial charge in [-0.3, -0.25) is 0 Å². The number of nitrogens with zero attached hydrogens (tertiary/aromatic N) is 2. The van der Waals surface area contributed by atoms with E-state index in [2.05, 4.69) is 32.8 Å². The molecule has 38 heavy (non-hydrogen) atoms. The van der Waals surface area contributed by atoms with E-state index in [-0.39, 0.29) is 17.4 Å². The summed E-state index contributed by atoms with van der Waals surface area (Å²) in [5.41, 5.74) is 5.00. The fraction of sp³-hybridized carbons (Fsp3) is 0.419. The second-order valence-corrected chi connectivity index (χ2v) is 11.5. The lowest BCUT2D eigenvalue weighted by Gasteiger charge is -2.43. The quantitative estimate of drug-likeness (QED) is 0.363. The van der Waals surface area contributed by atoms with E-state index in [1.807, 2.05) is 42.5 Å². The van der Waals surface area contributed by atoms with Gasteiger partial charge in [-0.2, -0.15) is 4.39 Å². The van der Waals surface area contributed by atoms with Crippen molar-refractivity contribution in [3.8, 4) is 0 Å². The number of hydrogen-bond acceptors (Lipinski definition) is 4. The predicted molar refractivity (Wildman–Crippen MR) is 146 cm³/mol. The van der Waals surface area contributed by atoms with Gasteiger partial charge in [-0.25, -0.2) is 9.48 Å². The van der Waals surface area contributed by atoms with Crippen LogP contribution in [0.4, 0.5) is 4.39 Å². The van der Waals surface area contributed by atoms with E-state index in [1.165, 1.54) is 5.57 Å². The second kappa shape index (κ2) is 10.1. The predicted octanol–water partition coefficient (Wildman–Crippen LogP) is 7.14. The summed E-state index contributed by atoms with van der Waals surface area (Å²) in [7, 11) is 0. The fourth-order valence-corrected chi connectivity index (χ4v) is 5.99. The first kappa shape index (κ1) is 26.3. The largest absolute Gasteiger partial charge is 0.478 e. The number of rotatable bonds is 5. The molecule has 3 heterocycles. The minimum absolute atomic E-state index is 0.247. The number of hydrogen-bond donors (Lipinski definition) is 1. The fourth-order valence-electron chi connectivity index (χ4n) is 5.99. The van der Waals surface area contributed by atoms with Crippen LogP contribution in [0, 0.1) is 5.95 Å². The van der Waals surface area contributed by atoms with Gasteiger partial charge in [0.2, 0.25) is 5.95 Å². The average molecular weight is 519 g/mol. The molecule has 1 atom stereocenters. The molecular formula is C31H35FN2O4. The van der Waals surface area contributed by atoms with Crippen molar-refractivity contribution in [2.45, 2.75) is 77.2 Å². The summed E-state index contributed by atoms with van der Waals surface area (Å²) in [5, 5.41) is 13.7. The third-order valence-electron chi connectivity index (χ3n) is 7.18. The summed E-state index contributed by atoms with van der Waals surface area (Å²) in [5.74, 6) is -1.49. The summed E-state index contributed by atoms with van der Waals surface area (Å²) in [4.78, 5) is 10.9. The molecule has 2 aromatic carbocycles. The summed E-state index contributed by atoms with van der Waals surface area (Å²) < 4.78 is 29.2. The number of carboxylic acid groups (broad SMARTS) is 1. The highest BCUT2D eigenvalue weighted by molar-refractivity contribution is 5.90. The zero-order valence-electron chi connectivity index (χ0n) is 22.5. The smallest absolute Gasteiger partial charge is 0.328 e. The van der Waals surface area contributed by atoms with Gasteiger partial charge < -0.3 is 14.6 Å². The number of ether oxygens (including phenoxy) is 2. The Morgan fingerprint density at radius 1 is 1.05 bits per heavy atom. The highest BCUT2D eigenvalue weighted by atomic mass is 19.1. The standard InChI is InChI=1S/C31H35FN2O4/c1-30(2)18-23(19-31(3,4)38-30)28(21-11-8-20(9-12-21)10-15-27(35)36)22-13-14-25-24(17-22)29(32)33-34(25)26-7-5-6-16-37-26/h8-15,17,26H,5-7,16,18-19H2,1-4H3,(H,35,36). The molecule has 2 saturated heterocycles. The Morgan fingerprint density at radius 3 is 2.37 bits per heavy atom. The van der Waals surface area contributed by atoms with E-state index >= 15 is 4.39 Å². The Bertz CT molecular complexity index is 1390. The van der Waals surface area contributed by atoms with Gasteiger partial charge in [0.05, 0.1) is 22.1 Å². The highest BCUT2D eigenvalue weighted by Crippen LogP contribution is 2.43. The molecule has 2 aliphatic rings. The zero-order chi connectivity index (χ0) is 27.1. The molecule has 2 aliphatic heterocycles. The number of aromatic nitrogens is 2. The zero-order valence-corrected chi connectivity index (χ0v) is 22.5. The van der Waals surface area contributed by atoms with Gasteiger partial charge in [0, 0.05) is 12.7 Å². The van der Waals surface area contributed by atoms with Gasteiger partial charge in [-0.1, -0.05) is 35.9 Å². The molecule has 0 amide bonds. The molecule has 3 aromatic rings. The normalized spacial score (nSPS) is 21.2. The van der Waals surface area contributed by atoms with Crippen molar-refractivity contribution >= 4 is 28.5 Å². The van der Waals surface area contributed by atoms with Gasteiger partial charge in [0.15, 0.2) is 6.23 Å². The Labute approximate surface area is 222 Å². The first-order chi connectivity index (χ1) is 18.0. The van der Waals surface area contributed by atoms with Crippen LogP contribution in [0.25, 0.3) is 22.6 Å². The number of fused-ring (bicyclic) bond motifs is 1. The molecule has 0 bridgehead atoms. The number of halogens is 1. The number of aliphatic carboxylic acids is 1. The van der Waals surface area contributed by atoms with Crippen molar-refractivity contribution in [1.82, 2.24) is 9.78 Å². The van der Waals surface area contributed by atoms with Crippen LogP contribution in [0.15, 0.2) is 54.1 Å². The van der Waals surface area contributed by atoms with Gasteiger partial charge in [-0.15, -0.1) is 5.10 Å². The van der Waals surface area contributed by atoms with Gasteiger partial charge in [0.1, 0.15) is 0 Å². The molecule has 0 spiro atoms. The maximum absolute atomic E-state index is 15.2. The van der Waals surface area contributed by atoms with Crippen molar-refractivity contribution < 1.29 is 23.8 Å². The summed E-state index contributed by atoms with van der Waals surface area (Å²) in [6.45, 7) is 9.06.